The molecule has 0 saturated heterocycles. The van der Waals surface area contributed by atoms with Gasteiger partial charge in [-0.25, -0.2) is 4.79 Å². The van der Waals surface area contributed by atoms with Crippen LogP contribution in [0.3, 0.4) is 0 Å². The lowest BCUT2D eigenvalue weighted by Gasteiger charge is -2.12. The van der Waals surface area contributed by atoms with Crippen LogP contribution in [0.25, 0.3) is 17.0 Å². The van der Waals surface area contributed by atoms with Crippen LogP contribution in [0.5, 0.6) is 0 Å². The predicted octanol–water partition coefficient (Wildman–Crippen LogP) is 2.86. The van der Waals surface area contributed by atoms with Crippen LogP contribution in [-0.4, -0.2) is 49.9 Å². The largest absolute Gasteiger partial charge is 0.337 e. The summed E-state index contributed by atoms with van der Waals surface area (Å²) < 4.78 is 1.84. The first-order valence-electron chi connectivity index (χ1n) is 11.0. The number of fused-ring (bicyclic) bond motifs is 3. The minimum Gasteiger partial charge on any atom is -0.337 e. The van der Waals surface area contributed by atoms with Crippen LogP contribution in [-0.2, 0) is 6.42 Å². The molecule has 6 heteroatoms. The van der Waals surface area contributed by atoms with Gasteiger partial charge in [-0.05, 0) is 89.0 Å². The van der Waals surface area contributed by atoms with E-state index in [4.69, 9.17) is 5.73 Å². The molecule has 3 rings (SSSR count). The third kappa shape index (κ3) is 5.92. The third-order valence-corrected chi connectivity index (χ3v) is 5.38. The molecule has 1 aliphatic rings. The number of nitrogens with one attached hydrogen (secondary N) is 3. The maximum Gasteiger partial charge on any atom is 0.326 e. The zero-order valence-electron chi connectivity index (χ0n) is 17.4. The number of hydrogen-bond donors (Lipinski definition) is 4. The van der Waals surface area contributed by atoms with Gasteiger partial charge in [0.25, 0.3) is 0 Å². The number of amides is 1. The van der Waals surface area contributed by atoms with Crippen LogP contribution in [0.1, 0.15) is 43.4 Å². The van der Waals surface area contributed by atoms with Gasteiger partial charge in [0.1, 0.15) is 0 Å². The number of aromatic nitrogens is 1. The van der Waals surface area contributed by atoms with Crippen molar-refractivity contribution in [2.24, 2.45) is 5.73 Å². The zero-order valence-corrected chi connectivity index (χ0v) is 17.4. The van der Waals surface area contributed by atoms with Crippen molar-refractivity contribution in [3.8, 4) is 0 Å². The van der Waals surface area contributed by atoms with Gasteiger partial charge in [0.05, 0.1) is 11.2 Å². The van der Waals surface area contributed by atoms with Crippen LogP contribution in [0.2, 0.25) is 0 Å². The Bertz CT molecular complexity index is 811. The summed E-state index contributed by atoms with van der Waals surface area (Å²) in [5.41, 5.74) is 8.79. The second kappa shape index (κ2) is 11.8. The van der Waals surface area contributed by atoms with Crippen molar-refractivity contribution < 1.29 is 4.79 Å². The number of aryl methyl sites for hydroxylation is 1. The number of unbranched alkanes of at least 4 members (excludes halogenated alkanes) is 1. The van der Waals surface area contributed by atoms with Gasteiger partial charge in [-0.1, -0.05) is 24.3 Å². The van der Waals surface area contributed by atoms with E-state index in [-0.39, 0.29) is 6.03 Å². The van der Waals surface area contributed by atoms with Gasteiger partial charge in [0.2, 0.25) is 0 Å². The Morgan fingerprint density at radius 2 is 1.69 bits per heavy atom. The van der Waals surface area contributed by atoms with E-state index in [1.807, 2.05) is 22.8 Å². The molecule has 1 heterocycles. The molecule has 1 aliphatic carbocycles. The predicted molar refractivity (Wildman–Crippen MR) is 121 cm³/mol. The second-order valence-electron chi connectivity index (χ2n) is 7.59. The number of para-hydroxylation sites is 1. The van der Waals surface area contributed by atoms with Crippen molar-refractivity contribution in [2.45, 2.75) is 38.5 Å². The molecule has 1 aromatic heterocycles. The topological polar surface area (TPSA) is 84.1 Å². The summed E-state index contributed by atoms with van der Waals surface area (Å²) in [6.07, 6.45) is 10.6. The first kappa shape index (κ1) is 21.6. The second-order valence-corrected chi connectivity index (χ2v) is 7.59. The molecule has 0 radical (unpaired) electrons. The highest BCUT2D eigenvalue weighted by atomic mass is 16.2. The highest BCUT2D eigenvalue weighted by molar-refractivity contribution is 5.98. The lowest BCUT2D eigenvalue weighted by Crippen LogP contribution is -2.32. The van der Waals surface area contributed by atoms with Crippen molar-refractivity contribution in [3.05, 3.63) is 41.6 Å². The normalized spacial score (nSPS) is 13.0. The molecular weight excluding hydrogens is 362 g/mol. The molecule has 0 saturated carbocycles. The van der Waals surface area contributed by atoms with Crippen LogP contribution >= 0.6 is 0 Å². The van der Waals surface area contributed by atoms with Gasteiger partial charge < -0.3 is 21.7 Å². The van der Waals surface area contributed by atoms with Crippen molar-refractivity contribution in [1.29, 1.82) is 0 Å². The van der Waals surface area contributed by atoms with Crippen molar-refractivity contribution >= 4 is 23.0 Å². The summed E-state index contributed by atoms with van der Waals surface area (Å²) in [4.78, 5) is 12.9. The molecule has 29 heavy (non-hydrogen) atoms. The van der Waals surface area contributed by atoms with Crippen LogP contribution in [0.15, 0.2) is 30.3 Å². The monoisotopic (exact) mass is 397 g/mol. The maximum atomic E-state index is 12.9. The van der Waals surface area contributed by atoms with Crippen LogP contribution in [0, 0.1) is 0 Å². The number of hydrogen-bond acceptors (Lipinski definition) is 4. The molecule has 6 nitrogen and oxygen atoms in total. The minimum atomic E-state index is -0.0300. The summed E-state index contributed by atoms with van der Waals surface area (Å²) in [6, 6.07) is 8.17. The van der Waals surface area contributed by atoms with Crippen molar-refractivity contribution in [3.63, 3.8) is 0 Å². The molecule has 5 N–H and O–H groups in total. The van der Waals surface area contributed by atoms with Gasteiger partial charge in [-0.3, -0.25) is 4.57 Å². The SMILES string of the molecule is NCCCNCCCCNCCCNC(=O)n1c2c(c3ccccc31)CCC=C2. The van der Waals surface area contributed by atoms with E-state index in [1.165, 1.54) is 17.4 Å². The number of nitrogens with two attached hydrogens (primary N) is 1. The average Bonchev–Trinajstić information content (AvgIpc) is 3.09. The molecule has 1 aromatic carbocycles. The highest BCUT2D eigenvalue weighted by Crippen LogP contribution is 2.30. The van der Waals surface area contributed by atoms with E-state index >= 15 is 0 Å². The highest BCUT2D eigenvalue weighted by Gasteiger charge is 2.20. The Hall–Kier alpha value is -2.15. The molecule has 0 spiro atoms. The van der Waals surface area contributed by atoms with E-state index in [0.29, 0.717) is 6.54 Å². The van der Waals surface area contributed by atoms with Crippen molar-refractivity contribution in [1.82, 2.24) is 20.5 Å². The zero-order chi connectivity index (χ0) is 20.3. The van der Waals surface area contributed by atoms with Gasteiger partial charge in [0.15, 0.2) is 0 Å². The first-order valence-corrected chi connectivity index (χ1v) is 11.0. The van der Waals surface area contributed by atoms with E-state index in [9.17, 15) is 4.79 Å². The summed E-state index contributed by atoms with van der Waals surface area (Å²) >= 11 is 0. The van der Waals surface area contributed by atoms with Gasteiger partial charge in [0, 0.05) is 11.9 Å². The Labute approximate surface area is 173 Å². The third-order valence-electron chi connectivity index (χ3n) is 5.38. The minimum absolute atomic E-state index is 0.0300. The fourth-order valence-corrected chi connectivity index (χ4v) is 3.87. The van der Waals surface area contributed by atoms with E-state index in [2.05, 4.69) is 34.2 Å². The summed E-state index contributed by atoms with van der Waals surface area (Å²) in [6.45, 7) is 5.45. The quantitative estimate of drug-likeness (QED) is 0.415. The standard InChI is InChI=1S/C23H35N5O/c24-13-7-16-25-14-5-6-15-26-17-8-18-27-23(29)28-21-11-3-1-9-19(21)20-10-2-4-12-22(20)28/h1,3-4,9,11-12,25-26H,2,5-8,10,13-18,24H2,(H,27,29). The fourth-order valence-electron chi connectivity index (χ4n) is 3.87. The molecular formula is C23H35N5O. The molecule has 0 atom stereocenters. The number of nitrogens with zero attached hydrogens (tertiary/aromatic N) is 1. The number of benzene rings is 1. The summed E-state index contributed by atoms with van der Waals surface area (Å²) in [7, 11) is 0. The van der Waals surface area contributed by atoms with Crippen LogP contribution in [0.4, 0.5) is 4.79 Å². The van der Waals surface area contributed by atoms with E-state index in [0.717, 1.165) is 76.0 Å². The Morgan fingerprint density at radius 1 is 0.966 bits per heavy atom. The van der Waals surface area contributed by atoms with Gasteiger partial charge in [-0.15, -0.1) is 0 Å². The summed E-state index contributed by atoms with van der Waals surface area (Å²) in [5, 5.41) is 11.1. The molecule has 0 fully saturated rings. The number of allylic oxidation sites excluding steroid dienone is 1. The average molecular weight is 398 g/mol. The van der Waals surface area contributed by atoms with Crippen LogP contribution < -0.4 is 21.7 Å². The van der Waals surface area contributed by atoms with Crippen molar-refractivity contribution in [2.75, 3.05) is 39.3 Å². The molecule has 158 valence electrons. The number of rotatable bonds is 12. The van der Waals surface area contributed by atoms with Gasteiger partial charge >= 0.3 is 6.03 Å². The first-order chi connectivity index (χ1) is 14.3. The lowest BCUT2D eigenvalue weighted by atomic mass is 10.0. The molecule has 0 aliphatic heterocycles. The summed E-state index contributed by atoms with van der Waals surface area (Å²) in [5.74, 6) is 0. The number of carbonyl (C=O) groups is 1. The lowest BCUT2D eigenvalue weighted by molar-refractivity contribution is 0.243. The molecule has 2 aromatic rings. The molecule has 0 bridgehead atoms. The molecule has 0 unspecified atom stereocenters. The maximum absolute atomic E-state index is 12.9. The van der Waals surface area contributed by atoms with Gasteiger partial charge in [-0.2, -0.15) is 0 Å². The Morgan fingerprint density at radius 3 is 2.48 bits per heavy atom. The Balaban J connectivity index is 1.37. The smallest absolute Gasteiger partial charge is 0.326 e. The van der Waals surface area contributed by atoms with E-state index < -0.39 is 0 Å². The van der Waals surface area contributed by atoms with E-state index in [1.54, 1.807) is 0 Å². The Kier molecular flexibility index (Phi) is 8.74. The number of carbonyl (C=O) groups excluding carboxylic acids is 1. The fraction of sp³-hybridized carbons (Fsp3) is 0.522. The molecule has 1 amide bonds.